The zero-order chi connectivity index (χ0) is 14.8. The molecule has 1 aromatic rings. The van der Waals surface area contributed by atoms with Crippen LogP contribution in [0.1, 0.15) is 28.9 Å². The number of hydrogen-bond acceptors (Lipinski definition) is 3. The number of nitrogens with two attached hydrogens (primary N) is 1. The predicted molar refractivity (Wildman–Crippen MR) is 53.4 cm³/mol. The van der Waals surface area contributed by atoms with Crippen molar-refractivity contribution in [2.75, 3.05) is 0 Å². The summed E-state index contributed by atoms with van der Waals surface area (Å²) in [6, 6.07) is 0.693. The third kappa shape index (κ3) is 3.60. The van der Waals surface area contributed by atoms with E-state index in [1.807, 2.05) is 0 Å². The van der Waals surface area contributed by atoms with Crippen LogP contribution in [-0.2, 0) is 23.9 Å². The first-order valence-corrected chi connectivity index (χ1v) is 4.96. The van der Waals surface area contributed by atoms with Crippen LogP contribution in [0.3, 0.4) is 0 Å². The first-order valence-electron chi connectivity index (χ1n) is 4.96. The number of aromatic nitrogens is 1. The third-order valence-electron chi connectivity index (χ3n) is 2.25. The normalized spacial score (nSPS) is 11.9. The minimum atomic E-state index is -5.03. The van der Waals surface area contributed by atoms with Gasteiger partial charge in [0.15, 0.2) is 0 Å². The summed E-state index contributed by atoms with van der Waals surface area (Å²) in [5, 5.41) is 8.53. The van der Waals surface area contributed by atoms with Gasteiger partial charge in [-0.1, -0.05) is 0 Å². The predicted octanol–water partition coefficient (Wildman–Crippen LogP) is 2.12. The number of carboxylic acid groups (broad SMARTS) is 1. The van der Waals surface area contributed by atoms with Crippen molar-refractivity contribution >= 4 is 5.97 Å². The summed E-state index contributed by atoms with van der Waals surface area (Å²) in [5.74, 6) is -1.66. The van der Waals surface area contributed by atoms with Gasteiger partial charge in [0, 0.05) is 17.7 Å². The molecule has 1 rings (SSSR count). The zero-order valence-electron chi connectivity index (χ0n) is 9.34. The number of carbonyl (C=O) groups is 1. The Morgan fingerprint density at radius 2 is 2.00 bits per heavy atom. The van der Waals surface area contributed by atoms with Crippen LogP contribution in [0.15, 0.2) is 6.07 Å². The molecule has 0 spiro atoms. The molecule has 4 nitrogen and oxygen atoms in total. The lowest BCUT2D eigenvalue weighted by atomic mass is 10.0. The number of nitrogens with zero attached hydrogens (tertiary/aromatic N) is 1. The van der Waals surface area contributed by atoms with Crippen molar-refractivity contribution in [3.05, 3.63) is 28.6 Å². The van der Waals surface area contributed by atoms with Crippen LogP contribution in [0, 0.1) is 0 Å². The van der Waals surface area contributed by atoms with Crippen molar-refractivity contribution in [2.45, 2.75) is 25.6 Å². The summed E-state index contributed by atoms with van der Waals surface area (Å²) in [4.78, 5) is 13.6. The van der Waals surface area contributed by atoms with E-state index in [0.29, 0.717) is 6.07 Å². The molecular weight excluding hydrogens is 275 g/mol. The van der Waals surface area contributed by atoms with E-state index in [-0.39, 0.29) is 5.69 Å². The average Bonchev–Trinajstić information content (AvgIpc) is 2.26. The van der Waals surface area contributed by atoms with Crippen LogP contribution in [0.5, 0.6) is 0 Å². The van der Waals surface area contributed by atoms with Gasteiger partial charge in [-0.05, 0) is 6.07 Å². The van der Waals surface area contributed by atoms with E-state index in [9.17, 15) is 26.7 Å². The second-order valence-corrected chi connectivity index (χ2v) is 3.60. The number of pyridine rings is 1. The fourth-order valence-electron chi connectivity index (χ4n) is 1.52. The van der Waals surface area contributed by atoms with Gasteiger partial charge < -0.3 is 10.8 Å². The van der Waals surface area contributed by atoms with E-state index in [1.165, 1.54) is 0 Å². The highest BCUT2D eigenvalue weighted by molar-refractivity contribution is 5.71. The first-order chi connectivity index (χ1) is 8.66. The maximum Gasteiger partial charge on any atom is 0.433 e. The van der Waals surface area contributed by atoms with E-state index >= 15 is 0 Å². The van der Waals surface area contributed by atoms with E-state index < -0.39 is 48.4 Å². The molecule has 0 aliphatic heterocycles. The Bertz CT molecular complexity index is 488. The lowest BCUT2D eigenvalue weighted by Gasteiger charge is -2.16. The monoisotopic (exact) mass is 284 g/mol. The molecule has 0 saturated heterocycles. The Kier molecular flexibility index (Phi) is 4.40. The average molecular weight is 284 g/mol. The Balaban J connectivity index is 3.56. The molecule has 0 radical (unpaired) electrons. The molecule has 0 aliphatic rings. The fraction of sp³-hybridized carbons (Fsp3) is 0.400. The maximum absolute atomic E-state index is 12.7. The van der Waals surface area contributed by atoms with Gasteiger partial charge in [0.25, 0.3) is 6.43 Å². The molecule has 0 aliphatic carbocycles. The molecule has 0 atom stereocenters. The Labute approximate surface area is 104 Å². The molecule has 19 heavy (non-hydrogen) atoms. The van der Waals surface area contributed by atoms with Gasteiger partial charge in [0.05, 0.1) is 12.1 Å². The number of hydrogen-bond donors (Lipinski definition) is 2. The number of rotatable bonds is 4. The van der Waals surface area contributed by atoms with E-state index in [0.717, 1.165) is 0 Å². The van der Waals surface area contributed by atoms with E-state index in [1.54, 1.807) is 0 Å². The van der Waals surface area contributed by atoms with Gasteiger partial charge in [0.2, 0.25) is 0 Å². The molecule has 0 saturated carbocycles. The van der Waals surface area contributed by atoms with Gasteiger partial charge in [-0.25, -0.2) is 13.8 Å². The molecular formula is C10H9F5N2O2. The number of aliphatic carboxylic acids is 1. The van der Waals surface area contributed by atoms with Crippen molar-refractivity contribution in [3.8, 4) is 0 Å². The van der Waals surface area contributed by atoms with Gasteiger partial charge >= 0.3 is 12.1 Å². The largest absolute Gasteiger partial charge is 0.481 e. The fourth-order valence-corrected chi connectivity index (χ4v) is 1.52. The second kappa shape index (κ2) is 5.47. The molecule has 1 heterocycles. The molecule has 0 unspecified atom stereocenters. The van der Waals surface area contributed by atoms with Crippen molar-refractivity contribution in [1.82, 2.24) is 4.98 Å². The summed E-state index contributed by atoms with van der Waals surface area (Å²) in [6.45, 7) is -0.462. The van der Waals surface area contributed by atoms with Crippen LogP contribution in [0.2, 0.25) is 0 Å². The van der Waals surface area contributed by atoms with Gasteiger partial charge in [0.1, 0.15) is 5.69 Å². The number of carboxylic acids is 1. The summed E-state index contributed by atoms with van der Waals surface area (Å²) in [7, 11) is 0. The lowest BCUT2D eigenvalue weighted by Crippen LogP contribution is -2.19. The zero-order valence-corrected chi connectivity index (χ0v) is 9.34. The number of halogens is 5. The summed E-state index contributed by atoms with van der Waals surface area (Å²) >= 11 is 0. The van der Waals surface area contributed by atoms with Crippen LogP contribution < -0.4 is 5.73 Å². The highest BCUT2D eigenvalue weighted by Gasteiger charge is 2.38. The van der Waals surface area contributed by atoms with Crippen molar-refractivity contribution < 1.29 is 31.9 Å². The summed E-state index contributed by atoms with van der Waals surface area (Å²) in [6.07, 6.45) is -9.46. The van der Waals surface area contributed by atoms with Gasteiger partial charge in [-0.3, -0.25) is 4.79 Å². The molecule has 1 aromatic heterocycles. The van der Waals surface area contributed by atoms with Gasteiger partial charge in [-0.2, -0.15) is 13.2 Å². The minimum absolute atomic E-state index is 0.378. The van der Waals surface area contributed by atoms with Crippen molar-refractivity contribution in [2.24, 2.45) is 5.73 Å². The SMILES string of the molecule is NCc1cc(C(F)F)c(CC(=O)O)c(C(F)(F)F)n1. The van der Waals surface area contributed by atoms with Crippen LogP contribution >= 0.6 is 0 Å². The summed E-state index contributed by atoms with van der Waals surface area (Å²) < 4.78 is 63.6. The lowest BCUT2D eigenvalue weighted by molar-refractivity contribution is -0.143. The first kappa shape index (κ1) is 15.3. The van der Waals surface area contributed by atoms with Crippen molar-refractivity contribution in [1.29, 1.82) is 0 Å². The van der Waals surface area contributed by atoms with Crippen LogP contribution in [-0.4, -0.2) is 16.1 Å². The van der Waals surface area contributed by atoms with Crippen molar-refractivity contribution in [3.63, 3.8) is 0 Å². The standard InChI is InChI=1S/C10H9F5N2O2/c11-9(12)6-1-4(3-16)17-8(10(13,14)15)5(6)2-7(18)19/h1,9H,2-3,16H2,(H,18,19). The minimum Gasteiger partial charge on any atom is -0.481 e. The Hall–Kier alpha value is -1.77. The number of alkyl halides is 5. The smallest absolute Gasteiger partial charge is 0.433 e. The highest BCUT2D eigenvalue weighted by atomic mass is 19.4. The molecule has 0 amide bonds. The topological polar surface area (TPSA) is 76.2 Å². The third-order valence-corrected chi connectivity index (χ3v) is 2.25. The van der Waals surface area contributed by atoms with Gasteiger partial charge in [-0.15, -0.1) is 0 Å². The van der Waals surface area contributed by atoms with Crippen LogP contribution in [0.4, 0.5) is 22.0 Å². The molecule has 106 valence electrons. The highest BCUT2D eigenvalue weighted by Crippen LogP contribution is 2.35. The Morgan fingerprint density at radius 3 is 2.37 bits per heavy atom. The molecule has 0 fully saturated rings. The maximum atomic E-state index is 12.7. The quantitative estimate of drug-likeness (QED) is 0.830. The second-order valence-electron chi connectivity index (χ2n) is 3.60. The molecule has 0 aromatic carbocycles. The molecule has 9 heteroatoms. The molecule has 0 bridgehead atoms. The van der Waals surface area contributed by atoms with Crippen LogP contribution in [0.25, 0.3) is 0 Å². The summed E-state index contributed by atoms with van der Waals surface area (Å²) in [5.41, 5.74) is 1.04. The molecule has 3 N–H and O–H groups in total. The Morgan fingerprint density at radius 1 is 1.42 bits per heavy atom. The van der Waals surface area contributed by atoms with E-state index in [4.69, 9.17) is 10.8 Å². The van der Waals surface area contributed by atoms with E-state index in [2.05, 4.69) is 4.98 Å².